The summed E-state index contributed by atoms with van der Waals surface area (Å²) in [5, 5.41) is 0. The molecule has 3 nitrogen and oxygen atoms in total. The van der Waals surface area contributed by atoms with Crippen LogP contribution in [0.25, 0.3) is 0 Å². The summed E-state index contributed by atoms with van der Waals surface area (Å²) < 4.78 is 1.75. The van der Waals surface area contributed by atoms with Gasteiger partial charge in [-0.25, -0.2) is 0 Å². The molecule has 2 atom stereocenters. The fourth-order valence-electron chi connectivity index (χ4n) is 2.43. The second-order valence-electron chi connectivity index (χ2n) is 6.64. The van der Waals surface area contributed by atoms with E-state index < -0.39 is 0 Å². The molecule has 0 amide bonds. The van der Waals surface area contributed by atoms with Gasteiger partial charge in [0.25, 0.3) is 0 Å². The Balaban J connectivity index is 2.78. The predicted molar refractivity (Wildman–Crippen MR) is 62.5 cm³/mol. The van der Waals surface area contributed by atoms with Crippen molar-refractivity contribution < 1.29 is 13.8 Å². The summed E-state index contributed by atoms with van der Waals surface area (Å²) in [6.07, 6.45) is 2.85. The second-order valence-corrected chi connectivity index (χ2v) is 6.64. The fourth-order valence-corrected chi connectivity index (χ4v) is 2.43. The van der Waals surface area contributed by atoms with Crippen LogP contribution in [0.4, 0.5) is 0 Å². The number of nitrogens with zero attached hydrogens (tertiary/aromatic N) is 2. The molecule has 0 aromatic heterocycles. The molecule has 15 heavy (non-hydrogen) atoms. The lowest BCUT2D eigenvalue weighted by atomic mass is 9.87. The van der Waals surface area contributed by atoms with E-state index in [1.807, 2.05) is 0 Å². The van der Waals surface area contributed by atoms with E-state index >= 15 is 0 Å². The first-order valence-corrected chi connectivity index (χ1v) is 5.77. The van der Waals surface area contributed by atoms with Gasteiger partial charge in [0.2, 0.25) is 0 Å². The first kappa shape index (κ1) is 12.7. The Kier molecular flexibility index (Phi) is 3.27. The molecule has 0 aliphatic heterocycles. The molecule has 0 aromatic rings. The first-order chi connectivity index (χ1) is 6.62. The molecule has 1 fully saturated rings. The van der Waals surface area contributed by atoms with E-state index in [1.54, 1.807) is 0 Å². The van der Waals surface area contributed by atoms with Crippen molar-refractivity contribution in [1.82, 2.24) is 0 Å². The summed E-state index contributed by atoms with van der Waals surface area (Å²) >= 11 is 0. The summed E-state index contributed by atoms with van der Waals surface area (Å²) in [5.74, 6) is 0.451. The highest BCUT2D eigenvalue weighted by molar-refractivity contribution is 5.83. The zero-order valence-corrected chi connectivity index (χ0v) is 11.1. The summed E-state index contributed by atoms with van der Waals surface area (Å²) in [5.41, 5.74) is 0. The quantitative estimate of drug-likeness (QED) is 0.624. The van der Waals surface area contributed by atoms with Gasteiger partial charge in [-0.1, -0.05) is 0 Å². The predicted octanol–water partition coefficient (Wildman–Crippen LogP) is 0.889. The summed E-state index contributed by atoms with van der Waals surface area (Å²) in [6, 6.07) is 0.825. The molecule has 0 aromatic carbocycles. The third-order valence-electron chi connectivity index (χ3n) is 3.62. The number of hydrogen-bond donors (Lipinski definition) is 0. The molecule has 88 valence electrons. The lowest BCUT2D eigenvalue weighted by Crippen LogP contribution is -2.58. The molecule has 1 aliphatic rings. The van der Waals surface area contributed by atoms with Gasteiger partial charge in [0, 0.05) is 12.8 Å². The van der Waals surface area contributed by atoms with E-state index in [0.29, 0.717) is 11.8 Å². The van der Waals surface area contributed by atoms with Crippen LogP contribution < -0.4 is 0 Å². The van der Waals surface area contributed by atoms with Crippen LogP contribution in [0.3, 0.4) is 0 Å². The van der Waals surface area contributed by atoms with Crippen molar-refractivity contribution in [2.24, 2.45) is 0 Å². The van der Waals surface area contributed by atoms with Gasteiger partial charge >= 0.3 is 0 Å². The van der Waals surface area contributed by atoms with Gasteiger partial charge in [-0.2, -0.15) is 0 Å². The highest BCUT2D eigenvalue weighted by Gasteiger charge is 2.42. The average Bonchev–Trinajstić information content (AvgIpc) is 2.00. The van der Waals surface area contributed by atoms with Crippen molar-refractivity contribution in [3.63, 3.8) is 0 Å². The highest BCUT2D eigenvalue weighted by atomic mass is 16.1. The molecule has 0 heterocycles. The van der Waals surface area contributed by atoms with E-state index in [1.165, 1.54) is 0 Å². The van der Waals surface area contributed by atoms with Crippen molar-refractivity contribution in [3.05, 3.63) is 0 Å². The number of hydrogen-bond acceptors (Lipinski definition) is 1. The summed E-state index contributed by atoms with van der Waals surface area (Å²) in [6.45, 7) is 0. The summed E-state index contributed by atoms with van der Waals surface area (Å²) in [7, 11) is 13.1. The van der Waals surface area contributed by atoms with Gasteiger partial charge in [0.15, 0.2) is 11.8 Å². The molecule has 0 N–H and O–H groups in total. The standard InChI is InChI=1S/C12H26N2O/c1-13(2,3)10-7-8-12(15)11(9-10)14(4,5)6/h10-11H,7-9H2,1-6H3/q+2. The van der Waals surface area contributed by atoms with Gasteiger partial charge in [-0.15, -0.1) is 0 Å². The molecule has 1 rings (SSSR count). The van der Waals surface area contributed by atoms with Crippen LogP contribution in [0.1, 0.15) is 19.3 Å². The molecule has 2 unspecified atom stereocenters. The smallest absolute Gasteiger partial charge is 0.190 e. The van der Waals surface area contributed by atoms with Crippen LogP contribution in [0.5, 0.6) is 0 Å². The van der Waals surface area contributed by atoms with Crippen LogP contribution >= 0.6 is 0 Å². The average molecular weight is 214 g/mol. The Morgan fingerprint density at radius 3 is 1.93 bits per heavy atom. The number of carbonyl (C=O) groups is 1. The minimum absolute atomic E-state index is 0.195. The van der Waals surface area contributed by atoms with E-state index in [0.717, 1.165) is 28.2 Å². The maximum Gasteiger partial charge on any atom is 0.190 e. The molecule has 1 aliphatic carbocycles. The number of ketones is 1. The largest absolute Gasteiger partial charge is 0.328 e. The second kappa shape index (κ2) is 3.87. The maximum atomic E-state index is 11.9. The third kappa shape index (κ3) is 3.02. The van der Waals surface area contributed by atoms with Crippen LogP contribution in [0, 0.1) is 0 Å². The Labute approximate surface area is 93.8 Å². The van der Waals surface area contributed by atoms with Crippen LogP contribution in [0.15, 0.2) is 0 Å². The number of rotatable bonds is 2. The minimum Gasteiger partial charge on any atom is -0.328 e. The molecule has 0 spiro atoms. The third-order valence-corrected chi connectivity index (χ3v) is 3.62. The van der Waals surface area contributed by atoms with Gasteiger partial charge in [0.05, 0.1) is 54.7 Å². The molecule has 0 saturated heterocycles. The van der Waals surface area contributed by atoms with E-state index in [2.05, 4.69) is 42.3 Å². The van der Waals surface area contributed by atoms with E-state index in [-0.39, 0.29) is 6.04 Å². The molecule has 0 bridgehead atoms. The normalized spacial score (nSPS) is 29.3. The maximum absolute atomic E-state index is 11.9. The molecular formula is C12H26N2O+2. The van der Waals surface area contributed by atoms with Crippen molar-refractivity contribution >= 4 is 5.78 Å². The van der Waals surface area contributed by atoms with E-state index in [9.17, 15) is 4.79 Å². The zero-order chi connectivity index (χ0) is 11.9. The Hall–Kier alpha value is -0.410. The minimum atomic E-state index is 0.195. The lowest BCUT2D eigenvalue weighted by Gasteiger charge is -2.42. The number of Topliss-reactive ketones (excluding diaryl/α,β-unsaturated/α-hetero) is 1. The number of carbonyl (C=O) groups excluding carboxylic acids is 1. The van der Waals surface area contributed by atoms with Gasteiger partial charge in [0.1, 0.15) is 0 Å². The summed E-state index contributed by atoms with van der Waals surface area (Å²) in [4.78, 5) is 11.9. The topological polar surface area (TPSA) is 17.1 Å². The Morgan fingerprint density at radius 2 is 1.53 bits per heavy atom. The molecular weight excluding hydrogens is 188 g/mol. The fraction of sp³-hybridized carbons (Fsp3) is 0.917. The van der Waals surface area contributed by atoms with Gasteiger partial charge < -0.3 is 8.97 Å². The highest BCUT2D eigenvalue weighted by Crippen LogP contribution is 2.27. The Morgan fingerprint density at radius 1 is 1.00 bits per heavy atom. The van der Waals surface area contributed by atoms with Crippen LogP contribution in [0.2, 0.25) is 0 Å². The lowest BCUT2D eigenvalue weighted by molar-refractivity contribution is -0.916. The molecule has 3 heteroatoms. The first-order valence-electron chi connectivity index (χ1n) is 5.77. The Bertz CT molecular complexity index is 247. The number of quaternary nitrogens is 2. The monoisotopic (exact) mass is 214 g/mol. The SMILES string of the molecule is C[N+](C)(C)C1CCC(=O)C([N+](C)(C)C)C1. The molecule has 0 radical (unpaired) electrons. The van der Waals surface area contributed by atoms with Crippen molar-refractivity contribution in [3.8, 4) is 0 Å². The van der Waals surface area contributed by atoms with Crippen molar-refractivity contribution in [1.29, 1.82) is 0 Å². The van der Waals surface area contributed by atoms with Crippen molar-refractivity contribution in [2.45, 2.75) is 31.3 Å². The van der Waals surface area contributed by atoms with Crippen molar-refractivity contribution in [2.75, 3.05) is 42.3 Å². The van der Waals surface area contributed by atoms with Gasteiger partial charge in [-0.3, -0.25) is 4.79 Å². The number of likely N-dealkylation sites (N-methyl/N-ethyl adjacent to an activating group) is 1. The molecule has 1 saturated carbocycles. The van der Waals surface area contributed by atoms with Gasteiger partial charge in [-0.05, 0) is 0 Å². The van der Waals surface area contributed by atoms with E-state index in [4.69, 9.17) is 0 Å². The zero-order valence-electron chi connectivity index (χ0n) is 11.1. The van der Waals surface area contributed by atoms with Crippen LogP contribution in [-0.2, 0) is 4.79 Å². The van der Waals surface area contributed by atoms with Crippen LogP contribution in [-0.4, -0.2) is 69.1 Å².